The number of aryl methyl sites for hydroxylation is 3. The molecule has 0 aliphatic rings. The van der Waals surface area contributed by atoms with Gasteiger partial charge in [0.1, 0.15) is 0 Å². The van der Waals surface area contributed by atoms with Crippen LogP contribution in [0.15, 0.2) is 36.7 Å². The molecule has 0 N–H and O–H groups in total. The highest BCUT2D eigenvalue weighted by molar-refractivity contribution is 9.09. The summed E-state index contributed by atoms with van der Waals surface area (Å²) < 4.78 is 1.87. The molecule has 19 heavy (non-hydrogen) atoms. The molecule has 0 aliphatic carbocycles. The first-order valence-electron chi connectivity index (χ1n) is 6.76. The molecular weight excluding hydrogens is 300 g/mol. The second-order valence-electron chi connectivity index (χ2n) is 5.27. The Labute approximate surface area is 124 Å². The van der Waals surface area contributed by atoms with E-state index in [1.165, 1.54) is 23.1 Å². The van der Waals surface area contributed by atoms with Crippen LogP contribution in [-0.4, -0.2) is 15.1 Å². The fourth-order valence-electron chi connectivity index (χ4n) is 2.26. The van der Waals surface area contributed by atoms with Crippen LogP contribution in [-0.2, 0) is 19.9 Å². The summed E-state index contributed by atoms with van der Waals surface area (Å²) in [7, 11) is 1.97. The van der Waals surface area contributed by atoms with Crippen molar-refractivity contribution in [3.8, 4) is 0 Å². The van der Waals surface area contributed by atoms with Crippen molar-refractivity contribution in [1.29, 1.82) is 0 Å². The molecule has 0 spiro atoms. The lowest BCUT2D eigenvalue weighted by molar-refractivity contribution is 0.542. The normalized spacial score (nSPS) is 12.6. The van der Waals surface area contributed by atoms with Crippen molar-refractivity contribution >= 4 is 15.9 Å². The van der Waals surface area contributed by atoms with E-state index in [0.29, 0.717) is 5.92 Å². The fraction of sp³-hybridized carbons (Fsp3) is 0.438. The Morgan fingerprint density at radius 3 is 2.53 bits per heavy atom. The third kappa shape index (κ3) is 4.50. The minimum atomic E-state index is 0.683. The zero-order valence-corrected chi connectivity index (χ0v) is 13.2. The zero-order valence-electron chi connectivity index (χ0n) is 11.6. The second-order valence-corrected chi connectivity index (χ2v) is 5.92. The summed E-state index contributed by atoms with van der Waals surface area (Å²) in [6, 6.07) is 8.88. The molecule has 2 rings (SSSR count). The Morgan fingerprint density at radius 1 is 1.21 bits per heavy atom. The van der Waals surface area contributed by atoms with E-state index < -0.39 is 0 Å². The first-order chi connectivity index (χ1) is 9.17. The highest BCUT2D eigenvalue weighted by atomic mass is 79.9. The number of benzene rings is 1. The van der Waals surface area contributed by atoms with Crippen LogP contribution in [0.25, 0.3) is 0 Å². The number of rotatable bonds is 6. The SMILES string of the molecule is Cc1ccc(CC(CBr)CCc2cnn(C)c2)cc1. The lowest BCUT2D eigenvalue weighted by Crippen LogP contribution is -2.07. The van der Waals surface area contributed by atoms with E-state index >= 15 is 0 Å². The van der Waals surface area contributed by atoms with Crippen molar-refractivity contribution in [2.75, 3.05) is 5.33 Å². The van der Waals surface area contributed by atoms with Crippen LogP contribution in [0.5, 0.6) is 0 Å². The summed E-state index contributed by atoms with van der Waals surface area (Å²) in [4.78, 5) is 0. The van der Waals surface area contributed by atoms with Gasteiger partial charge in [-0.1, -0.05) is 45.8 Å². The van der Waals surface area contributed by atoms with Crippen LogP contribution in [0.4, 0.5) is 0 Å². The van der Waals surface area contributed by atoms with E-state index in [1.807, 2.05) is 17.9 Å². The average molecular weight is 321 g/mol. The lowest BCUT2D eigenvalue weighted by Gasteiger charge is -2.13. The Balaban J connectivity index is 1.87. The van der Waals surface area contributed by atoms with Gasteiger partial charge in [0.05, 0.1) is 6.20 Å². The van der Waals surface area contributed by atoms with E-state index in [-0.39, 0.29) is 0 Å². The van der Waals surface area contributed by atoms with Gasteiger partial charge in [0.15, 0.2) is 0 Å². The molecule has 0 fully saturated rings. The van der Waals surface area contributed by atoms with E-state index in [2.05, 4.69) is 58.4 Å². The molecule has 2 aromatic rings. The number of alkyl halides is 1. The van der Waals surface area contributed by atoms with Gasteiger partial charge in [0, 0.05) is 18.6 Å². The summed E-state index contributed by atoms with van der Waals surface area (Å²) in [6.07, 6.45) is 7.53. The van der Waals surface area contributed by atoms with Gasteiger partial charge in [0.2, 0.25) is 0 Å². The van der Waals surface area contributed by atoms with Crippen molar-refractivity contribution in [3.63, 3.8) is 0 Å². The fourth-order valence-corrected chi connectivity index (χ4v) is 2.82. The molecule has 1 aromatic heterocycles. The number of halogens is 1. The molecule has 1 unspecified atom stereocenters. The zero-order chi connectivity index (χ0) is 13.7. The molecule has 0 radical (unpaired) electrons. The van der Waals surface area contributed by atoms with Crippen molar-refractivity contribution in [3.05, 3.63) is 53.3 Å². The number of hydrogen-bond donors (Lipinski definition) is 0. The molecule has 0 bridgehead atoms. The predicted molar refractivity (Wildman–Crippen MR) is 83.7 cm³/mol. The molecule has 1 heterocycles. The maximum absolute atomic E-state index is 4.22. The summed E-state index contributed by atoms with van der Waals surface area (Å²) in [6.45, 7) is 2.13. The second kappa shape index (κ2) is 6.90. The van der Waals surface area contributed by atoms with E-state index in [1.54, 1.807) is 0 Å². The monoisotopic (exact) mass is 320 g/mol. The van der Waals surface area contributed by atoms with Crippen molar-refractivity contribution in [2.45, 2.75) is 26.2 Å². The van der Waals surface area contributed by atoms with Crippen LogP contribution in [0.2, 0.25) is 0 Å². The molecule has 102 valence electrons. The minimum Gasteiger partial charge on any atom is -0.276 e. The molecule has 3 heteroatoms. The summed E-state index contributed by atoms with van der Waals surface area (Å²) in [5, 5.41) is 5.28. The van der Waals surface area contributed by atoms with Crippen molar-refractivity contribution < 1.29 is 0 Å². The molecule has 2 nitrogen and oxygen atoms in total. The molecule has 0 aliphatic heterocycles. The molecule has 0 saturated heterocycles. The summed E-state index contributed by atoms with van der Waals surface area (Å²) >= 11 is 3.65. The predicted octanol–water partition coefficient (Wildman–Crippen LogP) is 3.91. The van der Waals surface area contributed by atoms with Crippen LogP contribution < -0.4 is 0 Å². The van der Waals surface area contributed by atoms with Gasteiger partial charge in [-0.2, -0.15) is 5.10 Å². The Bertz CT molecular complexity index is 502. The standard InChI is InChI=1S/C16H21BrN2/c1-13-3-5-14(6-4-13)9-15(10-17)7-8-16-11-18-19(2)12-16/h3-6,11-12,15H,7-10H2,1-2H3. The van der Waals surface area contributed by atoms with Crippen molar-refractivity contribution in [2.24, 2.45) is 13.0 Å². The van der Waals surface area contributed by atoms with Gasteiger partial charge < -0.3 is 0 Å². The summed E-state index contributed by atoms with van der Waals surface area (Å²) in [5.74, 6) is 0.683. The van der Waals surface area contributed by atoms with Crippen LogP contribution in [0, 0.1) is 12.8 Å². The third-order valence-electron chi connectivity index (χ3n) is 3.46. The highest BCUT2D eigenvalue weighted by Gasteiger charge is 2.09. The first-order valence-corrected chi connectivity index (χ1v) is 7.88. The van der Waals surface area contributed by atoms with Gasteiger partial charge in [-0.05, 0) is 43.2 Å². The molecule has 1 atom stereocenters. The van der Waals surface area contributed by atoms with Gasteiger partial charge in [-0.3, -0.25) is 4.68 Å². The Morgan fingerprint density at radius 2 is 1.95 bits per heavy atom. The van der Waals surface area contributed by atoms with Crippen LogP contribution in [0.3, 0.4) is 0 Å². The summed E-state index contributed by atoms with van der Waals surface area (Å²) in [5.41, 5.74) is 4.09. The van der Waals surface area contributed by atoms with Gasteiger partial charge in [0.25, 0.3) is 0 Å². The van der Waals surface area contributed by atoms with E-state index in [4.69, 9.17) is 0 Å². The maximum Gasteiger partial charge on any atom is 0.0521 e. The highest BCUT2D eigenvalue weighted by Crippen LogP contribution is 2.18. The molecule has 1 aromatic carbocycles. The average Bonchev–Trinajstić information content (AvgIpc) is 2.82. The van der Waals surface area contributed by atoms with Crippen molar-refractivity contribution in [1.82, 2.24) is 9.78 Å². The van der Waals surface area contributed by atoms with Crippen LogP contribution in [0.1, 0.15) is 23.1 Å². The lowest BCUT2D eigenvalue weighted by atomic mass is 9.95. The van der Waals surface area contributed by atoms with Crippen LogP contribution >= 0.6 is 15.9 Å². The number of aromatic nitrogens is 2. The molecular formula is C16H21BrN2. The molecule has 0 amide bonds. The Kier molecular flexibility index (Phi) is 5.20. The maximum atomic E-state index is 4.22. The van der Waals surface area contributed by atoms with E-state index in [9.17, 15) is 0 Å². The molecule has 0 saturated carbocycles. The minimum absolute atomic E-state index is 0.683. The Hall–Kier alpha value is -1.09. The van der Waals surface area contributed by atoms with E-state index in [0.717, 1.165) is 18.2 Å². The van der Waals surface area contributed by atoms with Gasteiger partial charge in [-0.25, -0.2) is 0 Å². The smallest absolute Gasteiger partial charge is 0.0521 e. The third-order valence-corrected chi connectivity index (χ3v) is 4.38. The van der Waals surface area contributed by atoms with Gasteiger partial charge in [-0.15, -0.1) is 0 Å². The number of nitrogens with zero attached hydrogens (tertiary/aromatic N) is 2. The quantitative estimate of drug-likeness (QED) is 0.738. The van der Waals surface area contributed by atoms with Gasteiger partial charge >= 0.3 is 0 Å². The number of hydrogen-bond acceptors (Lipinski definition) is 1. The largest absolute Gasteiger partial charge is 0.276 e. The first kappa shape index (κ1) is 14.3. The topological polar surface area (TPSA) is 17.8 Å².